The van der Waals surface area contributed by atoms with E-state index in [2.05, 4.69) is 20.4 Å². The van der Waals surface area contributed by atoms with E-state index in [4.69, 9.17) is 4.74 Å². The third kappa shape index (κ3) is 3.65. The van der Waals surface area contributed by atoms with Crippen molar-refractivity contribution in [2.45, 2.75) is 32.6 Å². The van der Waals surface area contributed by atoms with Crippen molar-refractivity contribution in [2.24, 2.45) is 0 Å². The molecule has 1 N–H and O–H groups in total. The minimum atomic E-state index is -0.592. The van der Waals surface area contributed by atoms with Crippen LogP contribution in [-0.2, 0) is 23.5 Å². The van der Waals surface area contributed by atoms with Crippen LogP contribution in [0.1, 0.15) is 30.8 Å². The van der Waals surface area contributed by atoms with Crippen molar-refractivity contribution < 1.29 is 4.74 Å². The van der Waals surface area contributed by atoms with Crippen LogP contribution in [0, 0.1) is 0 Å². The van der Waals surface area contributed by atoms with Gasteiger partial charge in [0.15, 0.2) is 5.65 Å². The number of hydrogen-bond donors (Lipinski definition) is 1. The van der Waals surface area contributed by atoms with Gasteiger partial charge in [-0.3, -0.25) is 9.89 Å². The topological polar surface area (TPSA) is 90.1 Å². The molecule has 0 amide bonds. The predicted octanol–water partition coefficient (Wildman–Crippen LogP) is 2.11. The fraction of sp³-hybridized carbons (Fsp3) is 0.263. The van der Waals surface area contributed by atoms with Gasteiger partial charge in [0.05, 0.1) is 25.0 Å². The minimum Gasteiger partial charge on any atom is -0.364 e. The highest BCUT2D eigenvalue weighted by atomic mass is 16.5. The molecule has 0 saturated carbocycles. The molecule has 0 saturated heterocycles. The summed E-state index contributed by atoms with van der Waals surface area (Å²) < 4.78 is 9.09. The first-order chi connectivity index (χ1) is 13.0. The molecule has 4 aromatic rings. The smallest absolute Gasteiger partial charge is 0.272 e. The Hall–Kier alpha value is -3.26. The van der Waals surface area contributed by atoms with Crippen LogP contribution in [0.5, 0.6) is 0 Å². The van der Waals surface area contributed by atoms with E-state index in [1.165, 1.54) is 10.6 Å². The van der Waals surface area contributed by atoms with E-state index in [1.54, 1.807) is 16.9 Å². The van der Waals surface area contributed by atoms with Crippen LogP contribution in [0.4, 0.5) is 0 Å². The Morgan fingerprint density at radius 1 is 1.19 bits per heavy atom. The zero-order valence-electron chi connectivity index (χ0n) is 15.2. The Labute approximate surface area is 155 Å². The largest absolute Gasteiger partial charge is 0.364 e. The normalized spacial score (nSPS) is 11.9. The Kier molecular flexibility index (Phi) is 4.33. The minimum absolute atomic E-state index is 0.160. The third-order valence-electron chi connectivity index (χ3n) is 4.36. The van der Waals surface area contributed by atoms with Gasteiger partial charge in [-0.25, -0.2) is 14.2 Å². The van der Waals surface area contributed by atoms with Crippen molar-refractivity contribution in [1.29, 1.82) is 0 Å². The first-order valence-electron chi connectivity index (χ1n) is 8.66. The number of benzene rings is 1. The van der Waals surface area contributed by atoms with E-state index >= 15 is 0 Å². The van der Waals surface area contributed by atoms with Crippen molar-refractivity contribution in [3.05, 3.63) is 82.2 Å². The second-order valence-electron chi connectivity index (χ2n) is 6.83. The van der Waals surface area contributed by atoms with Crippen LogP contribution in [-0.4, -0.2) is 29.6 Å². The van der Waals surface area contributed by atoms with Gasteiger partial charge in [0, 0.05) is 18.3 Å². The lowest BCUT2D eigenvalue weighted by molar-refractivity contribution is -0.0368. The van der Waals surface area contributed by atoms with E-state index in [0.29, 0.717) is 24.5 Å². The number of ether oxygens (including phenoxy) is 1. The Bertz CT molecular complexity index is 1110. The number of aromatic nitrogens is 6. The molecule has 138 valence electrons. The molecule has 4 rings (SSSR count). The molecule has 0 bridgehead atoms. The molecule has 1 aromatic carbocycles. The lowest BCUT2D eigenvalue weighted by Gasteiger charge is -2.22. The average molecular weight is 364 g/mol. The maximum atomic E-state index is 12.1. The van der Waals surface area contributed by atoms with Crippen molar-refractivity contribution in [2.75, 3.05) is 0 Å². The highest BCUT2D eigenvalue weighted by Crippen LogP contribution is 2.24. The van der Waals surface area contributed by atoms with E-state index in [1.807, 2.05) is 50.4 Å². The standard InChI is InChI=1S/C19H20N6O2/c1-19(2,27-13-14-6-4-3-5-7-14)16-12-24(23-22-16)11-15-10-18(26)25-17(21-15)8-9-20-25/h3-10,12,20H,11,13H2,1-2H3. The summed E-state index contributed by atoms with van der Waals surface area (Å²) >= 11 is 0. The molecule has 0 aliphatic carbocycles. The molecule has 3 heterocycles. The Balaban J connectivity index is 1.49. The molecule has 0 unspecified atom stereocenters. The Morgan fingerprint density at radius 3 is 2.81 bits per heavy atom. The summed E-state index contributed by atoms with van der Waals surface area (Å²) in [6, 6.07) is 13.2. The number of H-pyrrole nitrogens is 1. The summed E-state index contributed by atoms with van der Waals surface area (Å²) in [5, 5.41) is 11.2. The van der Waals surface area contributed by atoms with Crippen molar-refractivity contribution >= 4 is 5.65 Å². The highest BCUT2D eigenvalue weighted by Gasteiger charge is 2.25. The third-order valence-corrected chi connectivity index (χ3v) is 4.36. The van der Waals surface area contributed by atoms with Gasteiger partial charge in [-0.15, -0.1) is 5.10 Å². The number of nitrogens with zero attached hydrogens (tertiary/aromatic N) is 5. The molecule has 3 aromatic heterocycles. The fourth-order valence-corrected chi connectivity index (χ4v) is 2.79. The number of hydrogen-bond acceptors (Lipinski definition) is 5. The van der Waals surface area contributed by atoms with Gasteiger partial charge in [-0.05, 0) is 19.4 Å². The monoisotopic (exact) mass is 364 g/mol. The van der Waals surface area contributed by atoms with Gasteiger partial charge in [-0.2, -0.15) is 0 Å². The molecule has 0 atom stereocenters. The zero-order valence-corrected chi connectivity index (χ0v) is 15.2. The molecule has 0 radical (unpaired) electrons. The first-order valence-corrected chi connectivity index (χ1v) is 8.66. The van der Waals surface area contributed by atoms with E-state index in [0.717, 1.165) is 11.3 Å². The maximum Gasteiger partial charge on any atom is 0.272 e. The summed E-state index contributed by atoms with van der Waals surface area (Å²) in [5.74, 6) is 0. The van der Waals surface area contributed by atoms with E-state index in [9.17, 15) is 4.79 Å². The SMILES string of the molecule is CC(C)(OCc1ccccc1)c1cn(Cc2cc(=O)n3[nH]ccc3n2)nn1. The summed E-state index contributed by atoms with van der Waals surface area (Å²) in [7, 11) is 0. The quantitative estimate of drug-likeness (QED) is 0.566. The van der Waals surface area contributed by atoms with Gasteiger partial charge >= 0.3 is 0 Å². The van der Waals surface area contributed by atoms with Gasteiger partial charge in [0.2, 0.25) is 0 Å². The highest BCUT2D eigenvalue weighted by molar-refractivity contribution is 5.36. The maximum absolute atomic E-state index is 12.1. The van der Waals surface area contributed by atoms with E-state index in [-0.39, 0.29) is 5.56 Å². The summed E-state index contributed by atoms with van der Waals surface area (Å²) in [6.07, 6.45) is 3.50. The molecule has 0 spiro atoms. The van der Waals surface area contributed by atoms with Crippen LogP contribution >= 0.6 is 0 Å². The van der Waals surface area contributed by atoms with Crippen LogP contribution < -0.4 is 5.56 Å². The van der Waals surface area contributed by atoms with Crippen LogP contribution in [0.25, 0.3) is 5.65 Å². The second kappa shape index (κ2) is 6.81. The van der Waals surface area contributed by atoms with Gasteiger partial charge in [-0.1, -0.05) is 35.5 Å². The van der Waals surface area contributed by atoms with E-state index < -0.39 is 5.60 Å². The van der Waals surface area contributed by atoms with Gasteiger partial charge < -0.3 is 4.74 Å². The first kappa shape index (κ1) is 17.2. The average Bonchev–Trinajstić information content (AvgIpc) is 3.31. The second-order valence-corrected chi connectivity index (χ2v) is 6.83. The molecule has 0 fully saturated rings. The lowest BCUT2D eigenvalue weighted by Crippen LogP contribution is -2.22. The molecular weight excluding hydrogens is 344 g/mol. The van der Waals surface area contributed by atoms with Crippen molar-refractivity contribution in [3.63, 3.8) is 0 Å². The zero-order chi connectivity index (χ0) is 18.9. The van der Waals surface area contributed by atoms with Gasteiger partial charge in [0.1, 0.15) is 11.3 Å². The van der Waals surface area contributed by atoms with Crippen LogP contribution in [0.2, 0.25) is 0 Å². The number of nitrogens with one attached hydrogen (secondary N) is 1. The van der Waals surface area contributed by atoms with Crippen molar-refractivity contribution in [1.82, 2.24) is 29.6 Å². The van der Waals surface area contributed by atoms with Crippen LogP contribution in [0.15, 0.2) is 59.7 Å². The number of rotatable bonds is 6. The summed E-state index contributed by atoms with van der Waals surface area (Å²) in [6.45, 7) is 4.77. The number of aromatic amines is 1. The fourth-order valence-electron chi connectivity index (χ4n) is 2.79. The molecule has 0 aliphatic rings. The van der Waals surface area contributed by atoms with Gasteiger partial charge in [0.25, 0.3) is 5.56 Å². The summed E-state index contributed by atoms with van der Waals surface area (Å²) in [5.41, 5.74) is 2.27. The summed E-state index contributed by atoms with van der Waals surface area (Å²) in [4.78, 5) is 16.5. The molecule has 8 heteroatoms. The molecular formula is C19H20N6O2. The molecule has 8 nitrogen and oxygen atoms in total. The predicted molar refractivity (Wildman–Crippen MR) is 99.2 cm³/mol. The molecule has 0 aliphatic heterocycles. The molecule has 27 heavy (non-hydrogen) atoms. The van der Waals surface area contributed by atoms with Crippen LogP contribution in [0.3, 0.4) is 0 Å². The number of fused-ring (bicyclic) bond motifs is 1. The Morgan fingerprint density at radius 2 is 2.00 bits per heavy atom. The van der Waals surface area contributed by atoms with Crippen molar-refractivity contribution in [3.8, 4) is 0 Å². The lowest BCUT2D eigenvalue weighted by atomic mass is 10.1.